The third kappa shape index (κ3) is 2.50. The lowest BCUT2D eigenvalue weighted by Gasteiger charge is -2.32. The fourth-order valence-corrected chi connectivity index (χ4v) is 2.46. The number of anilines is 1. The summed E-state index contributed by atoms with van der Waals surface area (Å²) in [7, 11) is -0.379. The van der Waals surface area contributed by atoms with Crippen LogP contribution in [0.3, 0.4) is 0 Å². The molecule has 6 heteroatoms. The average molecular weight is 302 g/mol. The van der Waals surface area contributed by atoms with Crippen molar-refractivity contribution in [2.45, 2.75) is 58.8 Å². The predicted molar refractivity (Wildman–Crippen MR) is 88.5 cm³/mol. The maximum Gasteiger partial charge on any atom is 0.494 e. The molecule has 0 amide bonds. The van der Waals surface area contributed by atoms with E-state index in [1.165, 1.54) is 0 Å². The molecule has 118 valence electrons. The van der Waals surface area contributed by atoms with Crippen molar-refractivity contribution >= 4 is 29.4 Å². The van der Waals surface area contributed by atoms with Gasteiger partial charge in [0.25, 0.3) is 0 Å². The first kappa shape index (κ1) is 15.4. The third-order valence-electron chi connectivity index (χ3n) is 4.44. The Labute approximate surface area is 131 Å². The van der Waals surface area contributed by atoms with Crippen molar-refractivity contribution in [3.05, 3.63) is 18.2 Å². The summed E-state index contributed by atoms with van der Waals surface area (Å²) in [5.74, 6) is 0.753. The van der Waals surface area contributed by atoms with Gasteiger partial charge in [0, 0.05) is 6.04 Å². The van der Waals surface area contributed by atoms with E-state index in [0.29, 0.717) is 0 Å². The van der Waals surface area contributed by atoms with Crippen molar-refractivity contribution in [3.63, 3.8) is 0 Å². The molecule has 1 fully saturated rings. The molecule has 1 aromatic heterocycles. The van der Waals surface area contributed by atoms with Crippen LogP contribution in [0.2, 0.25) is 0 Å². The summed E-state index contributed by atoms with van der Waals surface area (Å²) in [6.07, 6.45) is 0. The minimum Gasteiger partial charge on any atom is -0.399 e. The number of aromatic nitrogens is 1. The molecule has 0 aliphatic carbocycles. The first-order chi connectivity index (χ1) is 10.2. The fraction of sp³-hybridized carbons (Fsp3) is 0.562. The van der Waals surface area contributed by atoms with E-state index < -0.39 is 0 Å². The number of nitrogens with zero attached hydrogens (tertiary/aromatic N) is 1. The third-order valence-corrected chi connectivity index (χ3v) is 4.44. The van der Waals surface area contributed by atoms with E-state index >= 15 is 0 Å². The van der Waals surface area contributed by atoms with Crippen LogP contribution in [0, 0.1) is 0 Å². The highest BCUT2D eigenvalue weighted by atomic mass is 16.7. The zero-order chi connectivity index (χ0) is 16.1. The molecular weight excluding hydrogens is 279 g/mol. The molecular formula is C16H23BN2O3. The zero-order valence-corrected chi connectivity index (χ0v) is 14.1. The highest BCUT2D eigenvalue weighted by molar-refractivity contribution is 6.62. The van der Waals surface area contributed by atoms with Gasteiger partial charge in [0.15, 0.2) is 11.4 Å². The summed E-state index contributed by atoms with van der Waals surface area (Å²) in [5, 5.41) is 8.33. The Balaban J connectivity index is 1.96. The normalized spacial score (nSPS) is 20.0. The summed E-state index contributed by atoms with van der Waals surface area (Å²) in [6, 6.07) is 6.19. The lowest BCUT2D eigenvalue weighted by molar-refractivity contribution is 0.00578. The maximum absolute atomic E-state index is 6.10. The van der Waals surface area contributed by atoms with E-state index in [0.717, 1.165) is 22.2 Å². The van der Waals surface area contributed by atoms with Gasteiger partial charge in [0.05, 0.1) is 16.6 Å². The van der Waals surface area contributed by atoms with Gasteiger partial charge in [-0.1, -0.05) is 11.2 Å². The van der Waals surface area contributed by atoms with E-state index in [4.69, 9.17) is 13.8 Å². The molecule has 1 aliphatic heterocycles. The summed E-state index contributed by atoms with van der Waals surface area (Å²) >= 11 is 0. The van der Waals surface area contributed by atoms with Crippen molar-refractivity contribution in [1.29, 1.82) is 0 Å². The second-order valence-electron chi connectivity index (χ2n) is 7.17. The smallest absolute Gasteiger partial charge is 0.399 e. The first-order valence-corrected chi connectivity index (χ1v) is 7.71. The molecule has 0 atom stereocenters. The quantitative estimate of drug-likeness (QED) is 0.883. The first-order valence-electron chi connectivity index (χ1n) is 7.71. The van der Waals surface area contributed by atoms with Gasteiger partial charge in [-0.15, -0.1) is 0 Å². The van der Waals surface area contributed by atoms with E-state index in [9.17, 15) is 0 Å². The Morgan fingerprint density at radius 3 is 2.32 bits per heavy atom. The van der Waals surface area contributed by atoms with E-state index in [1.54, 1.807) is 0 Å². The van der Waals surface area contributed by atoms with Crippen LogP contribution in [-0.4, -0.2) is 29.5 Å². The van der Waals surface area contributed by atoms with Crippen LogP contribution in [0.25, 0.3) is 11.0 Å². The highest BCUT2D eigenvalue weighted by Gasteiger charge is 2.51. The highest BCUT2D eigenvalue weighted by Crippen LogP contribution is 2.36. The monoisotopic (exact) mass is 302 g/mol. The zero-order valence-electron chi connectivity index (χ0n) is 14.1. The van der Waals surface area contributed by atoms with Crippen LogP contribution in [0.5, 0.6) is 0 Å². The number of rotatable bonds is 3. The Morgan fingerprint density at radius 2 is 1.73 bits per heavy atom. The minimum absolute atomic E-state index is 0.286. The molecule has 1 saturated heterocycles. The lowest BCUT2D eigenvalue weighted by Crippen LogP contribution is -2.41. The van der Waals surface area contributed by atoms with Gasteiger partial charge in [-0.2, -0.15) is 0 Å². The molecule has 3 rings (SSSR count). The molecule has 0 spiro atoms. The van der Waals surface area contributed by atoms with Crippen LogP contribution in [0.4, 0.5) is 5.82 Å². The van der Waals surface area contributed by atoms with Crippen LogP contribution in [0.15, 0.2) is 22.7 Å². The van der Waals surface area contributed by atoms with Gasteiger partial charge in [0.1, 0.15) is 0 Å². The fourth-order valence-electron chi connectivity index (χ4n) is 2.46. The van der Waals surface area contributed by atoms with Crippen molar-refractivity contribution in [2.75, 3.05) is 5.32 Å². The van der Waals surface area contributed by atoms with Gasteiger partial charge < -0.3 is 19.1 Å². The Morgan fingerprint density at radius 1 is 1.09 bits per heavy atom. The number of hydrogen-bond donors (Lipinski definition) is 1. The molecule has 0 saturated carbocycles. The molecule has 0 bridgehead atoms. The Kier molecular flexibility index (Phi) is 3.49. The topological polar surface area (TPSA) is 56.5 Å². The molecule has 2 heterocycles. The number of hydrogen-bond acceptors (Lipinski definition) is 5. The van der Waals surface area contributed by atoms with Gasteiger partial charge in [0.2, 0.25) is 0 Å². The van der Waals surface area contributed by atoms with Gasteiger partial charge in [-0.05, 0) is 59.1 Å². The van der Waals surface area contributed by atoms with Crippen molar-refractivity contribution in [3.8, 4) is 0 Å². The van der Waals surface area contributed by atoms with Gasteiger partial charge in [-0.25, -0.2) is 0 Å². The molecule has 5 nitrogen and oxygen atoms in total. The number of benzene rings is 1. The van der Waals surface area contributed by atoms with Gasteiger partial charge >= 0.3 is 7.12 Å². The second kappa shape index (κ2) is 5.00. The molecule has 22 heavy (non-hydrogen) atoms. The van der Waals surface area contributed by atoms with Crippen molar-refractivity contribution < 1.29 is 13.8 Å². The SMILES string of the molecule is CC(C)Nc1noc2ccc(B3OC(C)(C)C(C)(C)O3)cc12. The van der Waals surface area contributed by atoms with Gasteiger partial charge in [-0.3, -0.25) is 0 Å². The number of nitrogens with one attached hydrogen (secondary N) is 1. The van der Waals surface area contributed by atoms with E-state index in [1.807, 2.05) is 18.2 Å². The van der Waals surface area contributed by atoms with Crippen molar-refractivity contribution in [2.24, 2.45) is 0 Å². The summed E-state index contributed by atoms with van der Waals surface area (Å²) in [4.78, 5) is 0. The summed E-state index contributed by atoms with van der Waals surface area (Å²) in [6.45, 7) is 12.3. The van der Waals surface area contributed by atoms with Crippen molar-refractivity contribution in [1.82, 2.24) is 5.16 Å². The molecule has 0 unspecified atom stereocenters. The van der Waals surface area contributed by atoms with Crippen LogP contribution in [-0.2, 0) is 9.31 Å². The Bertz CT molecular complexity index is 678. The molecule has 2 aromatic rings. The van der Waals surface area contributed by atoms with Crippen LogP contribution >= 0.6 is 0 Å². The van der Waals surface area contributed by atoms with E-state index in [-0.39, 0.29) is 24.4 Å². The molecule has 0 radical (unpaired) electrons. The lowest BCUT2D eigenvalue weighted by atomic mass is 9.78. The summed E-state index contributed by atoms with van der Waals surface area (Å²) in [5.41, 5.74) is 1.03. The average Bonchev–Trinajstić information content (AvgIpc) is 2.88. The standard InChI is InChI=1S/C16H23BN2O3/c1-10(2)18-14-12-9-11(7-8-13(12)20-19-14)17-21-15(3,4)16(5,6)22-17/h7-10H,1-6H3,(H,18,19). The van der Waals surface area contributed by atoms with Crippen LogP contribution in [0.1, 0.15) is 41.5 Å². The molecule has 1 aliphatic rings. The van der Waals surface area contributed by atoms with E-state index in [2.05, 4.69) is 52.0 Å². The predicted octanol–water partition coefficient (Wildman–Crippen LogP) is 2.95. The largest absolute Gasteiger partial charge is 0.494 e. The van der Waals surface area contributed by atoms with Crippen LogP contribution < -0.4 is 10.8 Å². The number of fused-ring (bicyclic) bond motifs is 1. The molecule has 1 aromatic carbocycles. The second-order valence-corrected chi connectivity index (χ2v) is 7.17. The summed E-state index contributed by atoms with van der Waals surface area (Å²) < 4.78 is 17.6. The molecule has 1 N–H and O–H groups in total. The maximum atomic E-state index is 6.10. The Hall–Kier alpha value is -1.53. The minimum atomic E-state index is -0.379.